The number of halogens is 3. The highest BCUT2D eigenvalue weighted by atomic mass is 32.1. The average molecular weight is 221 g/mol. The smallest absolute Gasteiger partial charge is 0.292 e. The number of ketones is 2. The molecule has 14 heavy (non-hydrogen) atoms. The SMILES string of the molecule is O=C([CH]C(=O)C(F)(F)F)c1cccs1. The molecule has 1 aromatic heterocycles. The average Bonchev–Trinajstić information content (AvgIpc) is 2.53. The Balaban J connectivity index is 2.63. The maximum absolute atomic E-state index is 11.7. The Morgan fingerprint density at radius 3 is 2.43 bits per heavy atom. The Hall–Kier alpha value is -1.17. The molecule has 6 heteroatoms. The molecule has 1 heterocycles. The van der Waals surface area contributed by atoms with Crippen molar-refractivity contribution < 1.29 is 22.8 Å². The van der Waals surface area contributed by atoms with Gasteiger partial charge in [-0.25, -0.2) is 0 Å². The third-order valence-electron chi connectivity index (χ3n) is 1.31. The van der Waals surface area contributed by atoms with E-state index in [0.29, 0.717) is 0 Å². The molecule has 0 aromatic carbocycles. The predicted molar refractivity (Wildman–Crippen MR) is 44.0 cm³/mol. The Morgan fingerprint density at radius 1 is 1.36 bits per heavy atom. The minimum absolute atomic E-state index is 0.0613. The van der Waals surface area contributed by atoms with E-state index in [1.54, 1.807) is 5.38 Å². The summed E-state index contributed by atoms with van der Waals surface area (Å²) in [6.45, 7) is 0. The van der Waals surface area contributed by atoms with Gasteiger partial charge in [0.15, 0.2) is 5.78 Å². The van der Waals surface area contributed by atoms with Crippen LogP contribution >= 0.6 is 11.3 Å². The van der Waals surface area contributed by atoms with Crippen LogP contribution in [-0.2, 0) is 4.79 Å². The van der Waals surface area contributed by atoms with Crippen molar-refractivity contribution in [1.29, 1.82) is 0 Å². The third-order valence-corrected chi connectivity index (χ3v) is 2.19. The van der Waals surface area contributed by atoms with Crippen molar-refractivity contribution in [1.82, 2.24) is 0 Å². The molecular weight excluding hydrogens is 217 g/mol. The maximum Gasteiger partial charge on any atom is 0.450 e. The summed E-state index contributed by atoms with van der Waals surface area (Å²) < 4.78 is 35.2. The van der Waals surface area contributed by atoms with Gasteiger partial charge in [0.2, 0.25) is 5.78 Å². The summed E-state index contributed by atoms with van der Waals surface area (Å²) in [6, 6.07) is 2.87. The quantitative estimate of drug-likeness (QED) is 0.579. The van der Waals surface area contributed by atoms with E-state index in [1.807, 2.05) is 0 Å². The molecule has 2 nitrogen and oxygen atoms in total. The molecule has 0 aliphatic rings. The zero-order valence-corrected chi connectivity index (χ0v) is 7.48. The number of Topliss-reactive ketones (excluding diaryl/α,β-unsaturated/α-hetero) is 2. The Labute approximate surface area is 81.4 Å². The van der Waals surface area contributed by atoms with Gasteiger partial charge in [-0.2, -0.15) is 13.2 Å². The first-order valence-corrected chi connectivity index (χ1v) is 4.33. The lowest BCUT2D eigenvalue weighted by Crippen LogP contribution is -2.25. The number of rotatable bonds is 3. The Bertz CT molecular complexity index is 340. The fourth-order valence-corrected chi connectivity index (χ4v) is 1.33. The molecule has 0 saturated carbocycles. The summed E-state index contributed by atoms with van der Waals surface area (Å²) in [5, 5.41) is 1.54. The van der Waals surface area contributed by atoms with Crippen molar-refractivity contribution in [3.05, 3.63) is 28.8 Å². The van der Waals surface area contributed by atoms with Crippen LogP contribution < -0.4 is 0 Å². The van der Waals surface area contributed by atoms with E-state index in [9.17, 15) is 22.8 Å². The molecule has 1 rings (SSSR count). The van der Waals surface area contributed by atoms with E-state index in [4.69, 9.17) is 0 Å². The van der Waals surface area contributed by atoms with Crippen LogP contribution in [0.15, 0.2) is 17.5 Å². The van der Waals surface area contributed by atoms with Crippen molar-refractivity contribution in [3.8, 4) is 0 Å². The summed E-state index contributed by atoms with van der Waals surface area (Å²) in [5.41, 5.74) is 0. The van der Waals surface area contributed by atoms with Crippen molar-refractivity contribution in [3.63, 3.8) is 0 Å². The second kappa shape index (κ2) is 3.91. The fraction of sp³-hybridized carbons (Fsp3) is 0.125. The molecule has 0 spiro atoms. The number of thiophene rings is 1. The lowest BCUT2D eigenvalue weighted by Gasteiger charge is -2.02. The van der Waals surface area contributed by atoms with Crippen LogP contribution in [0, 0.1) is 6.42 Å². The molecule has 0 amide bonds. The van der Waals surface area contributed by atoms with Gasteiger partial charge in [0, 0.05) is 0 Å². The zero-order valence-electron chi connectivity index (χ0n) is 6.67. The highest BCUT2D eigenvalue weighted by molar-refractivity contribution is 7.12. The molecule has 1 radical (unpaired) electrons. The van der Waals surface area contributed by atoms with Crippen LogP contribution in [0.25, 0.3) is 0 Å². The van der Waals surface area contributed by atoms with Gasteiger partial charge in [-0.15, -0.1) is 11.3 Å². The second-order valence-corrected chi connectivity index (χ2v) is 3.30. The van der Waals surface area contributed by atoms with Crippen molar-refractivity contribution in [2.24, 2.45) is 0 Å². The van der Waals surface area contributed by atoms with E-state index in [-0.39, 0.29) is 11.3 Å². The number of hydrogen-bond donors (Lipinski definition) is 0. The van der Waals surface area contributed by atoms with Crippen LogP contribution in [-0.4, -0.2) is 17.7 Å². The number of alkyl halides is 3. The monoisotopic (exact) mass is 221 g/mol. The molecule has 0 fully saturated rings. The second-order valence-electron chi connectivity index (χ2n) is 2.35. The van der Waals surface area contributed by atoms with Gasteiger partial charge in [0.05, 0.1) is 4.88 Å². The van der Waals surface area contributed by atoms with Crippen LogP contribution in [0.5, 0.6) is 0 Å². The topological polar surface area (TPSA) is 34.1 Å². The minimum Gasteiger partial charge on any atom is -0.292 e. The normalized spacial score (nSPS) is 11.4. The van der Waals surface area contributed by atoms with Crippen LogP contribution in [0.3, 0.4) is 0 Å². The zero-order chi connectivity index (χ0) is 10.8. The largest absolute Gasteiger partial charge is 0.450 e. The number of carbonyl (C=O) groups is 2. The molecule has 0 unspecified atom stereocenters. The summed E-state index contributed by atoms with van der Waals surface area (Å²) in [6.07, 6.45) is -4.92. The molecule has 1 aromatic rings. The van der Waals surface area contributed by atoms with Gasteiger partial charge < -0.3 is 0 Å². The van der Waals surface area contributed by atoms with Crippen LogP contribution in [0.2, 0.25) is 0 Å². The first-order chi connectivity index (χ1) is 6.41. The summed E-state index contributed by atoms with van der Waals surface area (Å²) >= 11 is 0.983. The van der Waals surface area contributed by atoms with E-state index < -0.39 is 17.7 Å². The van der Waals surface area contributed by atoms with E-state index in [0.717, 1.165) is 11.3 Å². The van der Waals surface area contributed by atoms with Gasteiger partial charge >= 0.3 is 6.18 Å². The van der Waals surface area contributed by atoms with Gasteiger partial charge in [0.1, 0.15) is 6.42 Å². The molecule has 0 N–H and O–H groups in total. The van der Waals surface area contributed by atoms with Crippen molar-refractivity contribution in [2.45, 2.75) is 6.18 Å². The highest BCUT2D eigenvalue weighted by Gasteiger charge is 2.39. The summed E-state index contributed by atoms with van der Waals surface area (Å²) in [4.78, 5) is 21.5. The van der Waals surface area contributed by atoms with Crippen molar-refractivity contribution in [2.75, 3.05) is 0 Å². The lowest BCUT2D eigenvalue weighted by molar-refractivity contribution is -0.166. The molecule has 0 aliphatic heterocycles. The Kier molecular flexibility index (Phi) is 3.05. The van der Waals surface area contributed by atoms with Gasteiger partial charge in [-0.3, -0.25) is 9.59 Å². The molecule has 0 saturated heterocycles. The first kappa shape index (κ1) is 10.9. The minimum atomic E-state index is -4.98. The van der Waals surface area contributed by atoms with Gasteiger partial charge in [-0.1, -0.05) is 6.07 Å². The summed E-state index contributed by atoms with van der Waals surface area (Å²) in [7, 11) is 0. The fourth-order valence-electron chi connectivity index (χ4n) is 0.691. The summed E-state index contributed by atoms with van der Waals surface area (Å²) in [5.74, 6) is -3.04. The molecule has 0 bridgehead atoms. The number of carbonyl (C=O) groups excluding carboxylic acids is 2. The van der Waals surface area contributed by atoms with E-state index >= 15 is 0 Å². The predicted octanol–water partition coefficient (Wildman–Crippen LogP) is 2.27. The van der Waals surface area contributed by atoms with Crippen molar-refractivity contribution >= 4 is 22.9 Å². The van der Waals surface area contributed by atoms with E-state index in [1.165, 1.54) is 12.1 Å². The molecule has 75 valence electrons. The number of hydrogen-bond acceptors (Lipinski definition) is 3. The van der Waals surface area contributed by atoms with Gasteiger partial charge in [-0.05, 0) is 11.4 Å². The maximum atomic E-state index is 11.7. The highest BCUT2D eigenvalue weighted by Crippen LogP contribution is 2.19. The first-order valence-electron chi connectivity index (χ1n) is 3.45. The molecular formula is C8H4F3O2S. The molecule has 0 atom stereocenters. The standard InChI is InChI=1S/C8H4F3O2S/c9-8(10,11)7(13)4-5(12)6-2-1-3-14-6/h1-4H. The van der Waals surface area contributed by atoms with Crippen LogP contribution in [0.1, 0.15) is 9.67 Å². The third kappa shape index (κ3) is 2.66. The lowest BCUT2D eigenvalue weighted by atomic mass is 10.2. The molecule has 0 aliphatic carbocycles. The van der Waals surface area contributed by atoms with Gasteiger partial charge in [0.25, 0.3) is 0 Å². The Morgan fingerprint density at radius 2 is 2.00 bits per heavy atom. The van der Waals surface area contributed by atoms with Crippen LogP contribution in [0.4, 0.5) is 13.2 Å². The van der Waals surface area contributed by atoms with E-state index in [2.05, 4.69) is 0 Å².